The normalized spacial score (nSPS) is 14.8. The summed E-state index contributed by atoms with van der Waals surface area (Å²) in [5.41, 5.74) is -0.979. The first-order chi connectivity index (χ1) is 13.2. The Morgan fingerprint density at radius 3 is 2.39 bits per heavy atom. The molecule has 0 radical (unpaired) electrons. The summed E-state index contributed by atoms with van der Waals surface area (Å²) >= 11 is 5.91. The number of amides is 2. The number of hydrogen-bond donors (Lipinski definition) is 2. The van der Waals surface area contributed by atoms with Crippen molar-refractivity contribution in [3.8, 4) is 18.1 Å². The van der Waals surface area contributed by atoms with Gasteiger partial charge in [-0.3, -0.25) is 4.79 Å². The van der Waals surface area contributed by atoms with Crippen LogP contribution in [0.5, 0.6) is 5.75 Å². The van der Waals surface area contributed by atoms with Crippen molar-refractivity contribution in [2.75, 3.05) is 4.90 Å². The number of imide groups is 1. The van der Waals surface area contributed by atoms with Crippen molar-refractivity contribution in [1.29, 1.82) is 0 Å². The first-order valence-electron chi connectivity index (χ1n) is 8.31. The zero-order valence-electron chi connectivity index (χ0n) is 14.9. The molecule has 1 aromatic rings. The third-order valence-electron chi connectivity index (χ3n) is 4.16. The van der Waals surface area contributed by atoms with Gasteiger partial charge < -0.3 is 14.9 Å². The second-order valence-corrected chi connectivity index (χ2v) is 6.46. The maximum atomic E-state index is 14.5. The molecule has 7 nitrogen and oxygen atoms in total. The van der Waals surface area contributed by atoms with Gasteiger partial charge in [-0.1, -0.05) is 17.5 Å². The van der Waals surface area contributed by atoms with Crippen LogP contribution in [0.2, 0.25) is 5.02 Å². The Balaban J connectivity index is 2.56. The number of carboxylic acid groups (broad SMARTS) is 2. The smallest absolute Gasteiger partial charge is 0.419 e. The SMILES string of the molecule is C#CC(C)Oc1cc(N(C(=O)O)C(=O)C2=C(C(=O)O)CCCC2)c(F)cc1Cl. The minimum Gasteiger partial charge on any atom is -0.478 e. The summed E-state index contributed by atoms with van der Waals surface area (Å²) in [5.74, 6) is -1.36. The lowest BCUT2D eigenvalue weighted by molar-refractivity contribution is -0.133. The van der Waals surface area contributed by atoms with Gasteiger partial charge in [0, 0.05) is 17.2 Å². The zero-order chi connectivity index (χ0) is 21.0. The third-order valence-corrected chi connectivity index (χ3v) is 4.45. The number of rotatable bonds is 5. The van der Waals surface area contributed by atoms with Crippen molar-refractivity contribution >= 4 is 35.3 Å². The fourth-order valence-corrected chi connectivity index (χ4v) is 3.01. The highest BCUT2D eigenvalue weighted by molar-refractivity contribution is 6.32. The molecule has 0 saturated heterocycles. The number of terminal acetylenes is 1. The molecule has 28 heavy (non-hydrogen) atoms. The van der Waals surface area contributed by atoms with E-state index >= 15 is 0 Å². The summed E-state index contributed by atoms with van der Waals surface area (Å²) < 4.78 is 19.8. The van der Waals surface area contributed by atoms with Gasteiger partial charge in [0.15, 0.2) is 6.10 Å². The van der Waals surface area contributed by atoms with Crippen LogP contribution in [0.4, 0.5) is 14.9 Å². The van der Waals surface area contributed by atoms with Crippen molar-refractivity contribution in [3.63, 3.8) is 0 Å². The molecule has 1 unspecified atom stereocenters. The van der Waals surface area contributed by atoms with Crippen molar-refractivity contribution in [2.24, 2.45) is 0 Å². The van der Waals surface area contributed by atoms with E-state index in [1.165, 1.54) is 6.92 Å². The zero-order valence-corrected chi connectivity index (χ0v) is 15.6. The standard InChI is InChI=1S/C19H17ClFNO6/c1-3-10(2)28-16-9-15(14(21)8-13(16)20)22(19(26)27)17(23)11-6-4-5-7-12(11)18(24)25/h1,8-10H,4-7H2,2H3,(H,24,25)(H,26,27). The molecule has 0 heterocycles. The highest BCUT2D eigenvalue weighted by atomic mass is 35.5. The molecular weight excluding hydrogens is 393 g/mol. The number of hydrogen-bond acceptors (Lipinski definition) is 4. The molecule has 1 aliphatic rings. The largest absolute Gasteiger partial charge is 0.478 e. The van der Waals surface area contributed by atoms with Crippen LogP contribution in [0, 0.1) is 18.2 Å². The van der Waals surface area contributed by atoms with Gasteiger partial charge in [-0.25, -0.2) is 18.9 Å². The molecule has 1 aromatic carbocycles. The number of aliphatic carboxylic acids is 1. The Hall–Kier alpha value is -3.05. The monoisotopic (exact) mass is 409 g/mol. The molecule has 2 rings (SSSR count). The Morgan fingerprint density at radius 1 is 1.25 bits per heavy atom. The molecule has 9 heteroatoms. The van der Waals surface area contributed by atoms with Crippen LogP contribution in [-0.2, 0) is 9.59 Å². The fraction of sp³-hybridized carbons (Fsp3) is 0.316. The molecule has 0 saturated carbocycles. The van der Waals surface area contributed by atoms with Gasteiger partial charge in [-0.2, -0.15) is 0 Å². The molecule has 2 N–H and O–H groups in total. The molecule has 1 atom stereocenters. The maximum absolute atomic E-state index is 14.5. The maximum Gasteiger partial charge on any atom is 0.419 e. The van der Waals surface area contributed by atoms with Crippen LogP contribution in [0.25, 0.3) is 0 Å². The van der Waals surface area contributed by atoms with Crippen LogP contribution in [0.3, 0.4) is 0 Å². The fourth-order valence-electron chi connectivity index (χ4n) is 2.82. The van der Waals surface area contributed by atoms with Gasteiger partial charge in [0.05, 0.1) is 10.7 Å². The van der Waals surface area contributed by atoms with E-state index in [0.29, 0.717) is 12.8 Å². The summed E-state index contributed by atoms with van der Waals surface area (Å²) in [4.78, 5) is 36.1. The molecule has 0 bridgehead atoms. The minimum absolute atomic E-state index is 0.0803. The summed E-state index contributed by atoms with van der Waals surface area (Å²) in [6.07, 6.45) is 3.98. The topological polar surface area (TPSA) is 104 Å². The summed E-state index contributed by atoms with van der Waals surface area (Å²) in [5, 5.41) is 18.7. The van der Waals surface area contributed by atoms with E-state index in [4.69, 9.17) is 22.8 Å². The van der Waals surface area contributed by atoms with E-state index in [-0.39, 0.29) is 39.7 Å². The lowest BCUT2D eigenvalue weighted by Gasteiger charge is -2.24. The second-order valence-electron chi connectivity index (χ2n) is 6.05. The lowest BCUT2D eigenvalue weighted by atomic mass is 9.90. The quantitative estimate of drug-likeness (QED) is 0.716. The lowest BCUT2D eigenvalue weighted by Crippen LogP contribution is -2.39. The number of carbonyl (C=O) groups excluding carboxylic acids is 1. The Morgan fingerprint density at radius 2 is 1.86 bits per heavy atom. The first kappa shape index (κ1) is 21.3. The molecular formula is C19H17ClFNO6. The van der Waals surface area contributed by atoms with E-state index in [0.717, 1.165) is 12.1 Å². The van der Waals surface area contributed by atoms with E-state index in [2.05, 4.69) is 5.92 Å². The number of anilines is 1. The van der Waals surface area contributed by atoms with Crippen LogP contribution in [0.15, 0.2) is 23.3 Å². The molecule has 0 aliphatic heterocycles. The van der Waals surface area contributed by atoms with Gasteiger partial charge in [-0.05, 0) is 38.7 Å². The number of carbonyl (C=O) groups is 3. The van der Waals surface area contributed by atoms with Crippen molar-refractivity contribution in [1.82, 2.24) is 0 Å². The highest BCUT2D eigenvalue weighted by Crippen LogP contribution is 2.35. The van der Waals surface area contributed by atoms with Crippen molar-refractivity contribution in [2.45, 2.75) is 38.7 Å². The van der Waals surface area contributed by atoms with E-state index in [9.17, 15) is 29.0 Å². The number of carboxylic acids is 1. The third kappa shape index (κ3) is 4.43. The van der Waals surface area contributed by atoms with Crippen LogP contribution in [0.1, 0.15) is 32.6 Å². The van der Waals surface area contributed by atoms with E-state index in [1.54, 1.807) is 0 Å². The highest BCUT2D eigenvalue weighted by Gasteiger charge is 2.33. The van der Waals surface area contributed by atoms with Gasteiger partial charge in [0.25, 0.3) is 5.91 Å². The number of nitrogens with zero attached hydrogens (tertiary/aromatic N) is 1. The van der Waals surface area contributed by atoms with Gasteiger partial charge >= 0.3 is 12.1 Å². The first-order valence-corrected chi connectivity index (χ1v) is 8.69. The minimum atomic E-state index is -1.77. The average Bonchev–Trinajstić information content (AvgIpc) is 2.64. The second kappa shape index (κ2) is 8.76. The molecule has 0 aromatic heterocycles. The Kier molecular flexibility index (Phi) is 6.65. The van der Waals surface area contributed by atoms with E-state index < -0.39 is 35.6 Å². The summed E-state index contributed by atoms with van der Waals surface area (Å²) in [6, 6.07) is 1.74. The number of halogens is 2. The average molecular weight is 410 g/mol. The predicted octanol–water partition coefficient (Wildman–Crippen LogP) is 3.85. The van der Waals surface area contributed by atoms with Crippen LogP contribution < -0.4 is 9.64 Å². The predicted molar refractivity (Wildman–Crippen MR) is 99.0 cm³/mol. The molecule has 2 amide bonds. The summed E-state index contributed by atoms with van der Waals surface area (Å²) in [6.45, 7) is 1.52. The summed E-state index contributed by atoms with van der Waals surface area (Å²) in [7, 11) is 0. The Labute approximate surface area is 165 Å². The van der Waals surface area contributed by atoms with Crippen molar-refractivity contribution < 1.29 is 33.7 Å². The van der Waals surface area contributed by atoms with Gasteiger partial charge in [-0.15, -0.1) is 6.42 Å². The van der Waals surface area contributed by atoms with Gasteiger partial charge in [0.2, 0.25) is 0 Å². The van der Waals surface area contributed by atoms with Crippen LogP contribution in [-0.4, -0.2) is 34.3 Å². The Bertz CT molecular complexity index is 904. The molecule has 0 fully saturated rings. The van der Waals surface area contributed by atoms with Crippen molar-refractivity contribution in [3.05, 3.63) is 34.1 Å². The number of benzene rings is 1. The molecule has 1 aliphatic carbocycles. The van der Waals surface area contributed by atoms with E-state index in [1.807, 2.05) is 0 Å². The molecule has 0 spiro atoms. The van der Waals surface area contributed by atoms with Crippen LogP contribution >= 0.6 is 11.6 Å². The molecule has 148 valence electrons. The number of ether oxygens (including phenoxy) is 1. The van der Waals surface area contributed by atoms with Gasteiger partial charge in [0.1, 0.15) is 11.6 Å².